The molecule has 0 atom stereocenters. The number of aliphatic carboxylic acids is 1. The average Bonchev–Trinajstić information content (AvgIpc) is 1.33. The van der Waals surface area contributed by atoms with E-state index in [4.69, 9.17) is 16.6 Å². The summed E-state index contributed by atoms with van der Waals surface area (Å²) in [5, 5.41) is 8.78. The van der Waals surface area contributed by atoms with Crippen molar-refractivity contribution in [3.05, 3.63) is 6.92 Å². The van der Waals surface area contributed by atoms with E-state index in [-0.39, 0.29) is 17.1 Å². The van der Waals surface area contributed by atoms with Gasteiger partial charge in [0, 0.05) is 0 Å². The number of hydrogen-bond donors (Lipinski definition) is 0. The Morgan fingerprint density at radius 2 is 1.50 bits per heavy atom. The molecule has 0 aliphatic rings. The molecule has 8 heavy (non-hydrogen) atoms. The Morgan fingerprint density at radius 1 is 1.50 bits per heavy atom. The van der Waals surface area contributed by atoms with E-state index >= 15 is 0 Å². The summed E-state index contributed by atoms with van der Waals surface area (Å²) in [6.07, 6.45) is 0. The number of rotatable bonds is 0. The maximum atomic E-state index is 8.78. The molecule has 0 spiro atoms. The van der Waals surface area contributed by atoms with Gasteiger partial charge < -0.3 is 16.8 Å². The third-order valence-electron chi connectivity index (χ3n) is 0. The van der Waals surface area contributed by atoms with Gasteiger partial charge in [0.15, 0.2) is 0 Å². The first-order chi connectivity index (χ1) is 3.15. The van der Waals surface area contributed by atoms with Crippen molar-refractivity contribution >= 4 is 5.97 Å². The Kier molecular flexibility index (Phi) is 30.8. The zero-order valence-corrected chi connectivity index (χ0v) is 6.14. The number of hydrogen-bond acceptors (Lipinski definition) is 4. The molecule has 0 saturated heterocycles. The molecule has 0 aromatic heterocycles. The summed E-state index contributed by atoms with van der Waals surface area (Å²) >= 11 is -2.00. The van der Waals surface area contributed by atoms with E-state index in [0.717, 1.165) is 0 Å². The molecule has 0 N–H and O–H groups in total. The van der Waals surface area contributed by atoms with Crippen LogP contribution in [0.5, 0.6) is 0 Å². The summed E-state index contributed by atoms with van der Waals surface area (Å²) in [4.78, 5) is 8.78. The van der Waals surface area contributed by atoms with Crippen molar-refractivity contribution in [1.29, 1.82) is 0 Å². The molecule has 0 heterocycles. The predicted molar refractivity (Wildman–Crippen MR) is 11.7 cm³/mol. The van der Waals surface area contributed by atoms with Gasteiger partial charge in [-0.1, -0.05) is 0 Å². The van der Waals surface area contributed by atoms with Gasteiger partial charge in [0.1, 0.15) is 0 Å². The van der Waals surface area contributed by atoms with Crippen LogP contribution in [0.15, 0.2) is 0 Å². The molecule has 0 unspecified atom stereocenters. The molecule has 4 nitrogen and oxygen atoms in total. The van der Waals surface area contributed by atoms with Gasteiger partial charge in [-0.3, -0.25) is 0 Å². The maximum absolute atomic E-state index is 8.78. The first kappa shape index (κ1) is 15.7. The summed E-state index contributed by atoms with van der Waals surface area (Å²) in [5.74, 6) is -1.33. The quantitative estimate of drug-likeness (QED) is 0.347. The Hall–Kier alpha value is 0.174. The Labute approximate surface area is 65.7 Å². The monoisotopic (exact) mass is 201 g/mol. The van der Waals surface area contributed by atoms with Crippen LogP contribution in [0.1, 0.15) is 0 Å². The Bertz CT molecular complexity index is 82.0. The molecule has 0 rings (SSSR count). The molecule has 0 fully saturated rings. The summed E-state index contributed by atoms with van der Waals surface area (Å²) in [5.41, 5.74) is 0. The van der Waals surface area contributed by atoms with Crippen LogP contribution in [-0.2, 0) is 47.6 Å². The van der Waals surface area contributed by atoms with E-state index in [9.17, 15) is 0 Å². The number of carbonyl (C=O) groups excluding carboxylic acids is 1. The van der Waals surface area contributed by atoms with Crippen LogP contribution in [0.2, 0.25) is 0 Å². The van der Waals surface area contributed by atoms with Gasteiger partial charge in [-0.2, -0.15) is 0 Å². The number of carbonyl (C=O) groups is 1. The first-order valence-corrected chi connectivity index (χ1v) is 2.45. The van der Waals surface area contributed by atoms with Crippen molar-refractivity contribution in [2.75, 3.05) is 0 Å². The normalized spacial score (nSPS) is 4.00. The zero-order chi connectivity index (χ0) is 6.28. The molecule has 0 saturated carbocycles. The second kappa shape index (κ2) is 15.7. The van der Waals surface area contributed by atoms with Gasteiger partial charge in [0.25, 0.3) is 0 Å². The van der Waals surface area contributed by atoms with E-state index in [1.54, 1.807) is 0 Å². The van der Waals surface area contributed by atoms with Crippen LogP contribution < -0.4 is 5.11 Å². The van der Waals surface area contributed by atoms with Crippen molar-refractivity contribution in [3.8, 4) is 0 Å². The van der Waals surface area contributed by atoms with E-state index in [1.807, 2.05) is 0 Å². The molecule has 0 aliphatic heterocycles. The van der Waals surface area contributed by atoms with Crippen LogP contribution in [0, 0.1) is 6.92 Å². The van der Waals surface area contributed by atoms with Crippen LogP contribution in [0.3, 0.4) is 0 Å². The van der Waals surface area contributed by atoms with Crippen molar-refractivity contribution in [1.82, 2.24) is 0 Å². The third-order valence-corrected chi connectivity index (χ3v) is 0. The van der Waals surface area contributed by atoms with Crippen molar-refractivity contribution in [3.63, 3.8) is 0 Å². The van der Waals surface area contributed by atoms with Crippen molar-refractivity contribution in [2.45, 2.75) is 0 Å². The van der Waals surface area contributed by atoms with Crippen LogP contribution >= 0.6 is 0 Å². The van der Waals surface area contributed by atoms with Gasteiger partial charge >= 0.3 is 42.8 Å². The van der Waals surface area contributed by atoms with Crippen molar-refractivity contribution < 1.29 is 52.7 Å². The second-order valence-corrected chi connectivity index (χ2v) is 0.716. The number of carboxylic acids is 1. The molecule has 0 amide bonds. The molecule has 50 valence electrons. The zero-order valence-electron chi connectivity index (χ0n) is 3.64. The van der Waals surface area contributed by atoms with Crippen LogP contribution in [0.25, 0.3) is 0 Å². The third kappa shape index (κ3) is 5470. The summed E-state index contributed by atoms with van der Waals surface area (Å²) < 4.78 is 17.0. The minimum atomic E-state index is -2.00. The molecule has 0 aromatic carbocycles. The molecular formula is C2H2CuO4Ti-. The van der Waals surface area contributed by atoms with Crippen molar-refractivity contribution in [2.24, 2.45) is 0 Å². The van der Waals surface area contributed by atoms with Gasteiger partial charge in [-0.05, 0) is 0 Å². The molecule has 0 bridgehead atoms. The fourth-order valence-corrected chi connectivity index (χ4v) is 0. The molecule has 0 aromatic rings. The first-order valence-electron chi connectivity index (χ1n) is 1.17. The molecular weight excluding hydrogens is 199 g/mol. The SMILES string of the molecule is [CH2-]C(=O)[O-].[Cu+].[O]=[Ti]=[O]. The minimum absolute atomic E-state index is 0. The average molecular weight is 201 g/mol. The van der Waals surface area contributed by atoms with Gasteiger partial charge in [-0.25, -0.2) is 0 Å². The second-order valence-electron chi connectivity index (χ2n) is 0.455. The summed E-state index contributed by atoms with van der Waals surface area (Å²) in [6.45, 7) is 2.44. The molecule has 6 heteroatoms. The standard InChI is InChI=1S/C2H3O2.Cu.2O.Ti/c1-2(3)4;;;;/h1H2,(H,3,4);;;;/q-1;+1;;;/p-1. The number of carboxylic acid groups (broad SMARTS) is 1. The van der Waals surface area contributed by atoms with E-state index in [0.29, 0.717) is 0 Å². The van der Waals surface area contributed by atoms with E-state index in [2.05, 4.69) is 6.92 Å². The summed E-state index contributed by atoms with van der Waals surface area (Å²) in [6, 6.07) is 0. The molecule has 0 radical (unpaired) electrons. The Morgan fingerprint density at radius 3 is 1.50 bits per heavy atom. The Balaban J connectivity index is -0.0000000575. The summed E-state index contributed by atoms with van der Waals surface area (Å²) in [7, 11) is 0. The molecule has 0 aliphatic carbocycles. The predicted octanol–water partition coefficient (Wildman–Crippen LogP) is -1.67. The van der Waals surface area contributed by atoms with E-state index < -0.39 is 25.1 Å². The fourth-order valence-electron chi connectivity index (χ4n) is 0. The fraction of sp³-hybridized carbons (Fsp3) is 0. The van der Waals surface area contributed by atoms with Crippen LogP contribution in [-0.4, -0.2) is 5.97 Å². The van der Waals surface area contributed by atoms with Gasteiger partial charge in [0.2, 0.25) is 0 Å². The van der Waals surface area contributed by atoms with Gasteiger partial charge in [-0.15, -0.1) is 5.97 Å². The van der Waals surface area contributed by atoms with Gasteiger partial charge in [0.05, 0.1) is 0 Å². The topological polar surface area (TPSA) is 74.3 Å². The van der Waals surface area contributed by atoms with E-state index in [1.165, 1.54) is 0 Å². The van der Waals surface area contributed by atoms with Crippen LogP contribution in [0.4, 0.5) is 0 Å².